The molecule has 0 saturated carbocycles. The first-order valence-corrected chi connectivity index (χ1v) is 10.1. The minimum atomic E-state index is -0.480. The van der Waals surface area contributed by atoms with E-state index in [1.54, 1.807) is 12.1 Å². The Balaban J connectivity index is 1.88. The quantitative estimate of drug-likeness (QED) is 0.288. The first-order chi connectivity index (χ1) is 13.9. The van der Waals surface area contributed by atoms with E-state index < -0.39 is 4.92 Å². The largest absolute Gasteiger partial charge is 0.379 e. The van der Waals surface area contributed by atoms with Gasteiger partial charge in [-0.1, -0.05) is 0 Å². The van der Waals surface area contributed by atoms with E-state index in [0.29, 0.717) is 29.9 Å². The molecule has 8 heteroatoms. The topological polar surface area (TPSA) is 93.0 Å². The van der Waals surface area contributed by atoms with Crippen LogP contribution in [0.25, 0.3) is 5.57 Å². The van der Waals surface area contributed by atoms with Crippen molar-refractivity contribution in [3.8, 4) is 0 Å². The molecule has 2 heterocycles. The summed E-state index contributed by atoms with van der Waals surface area (Å²) in [5.41, 5.74) is 1.26. The minimum absolute atomic E-state index is 0.0478. The van der Waals surface area contributed by atoms with Gasteiger partial charge in [0.1, 0.15) is 5.70 Å². The van der Waals surface area contributed by atoms with E-state index in [0.717, 1.165) is 32.4 Å². The molecule has 1 fully saturated rings. The lowest BCUT2D eigenvalue weighted by Gasteiger charge is -2.29. The number of imide groups is 1. The molecule has 0 spiro atoms. The van der Waals surface area contributed by atoms with Crippen LogP contribution in [0.4, 0.5) is 5.69 Å². The molecule has 0 aromatic heterocycles. The molecule has 2 aliphatic heterocycles. The van der Waals surface area contributed by atoms with Crippen molar-refractivity contribution in [3.05, 3.63) is 45.6 Å². The van der Waals surface area contributed by atoms with E-state index in [9.17, 15) is 19.7 Å². The van der Waals surface area contributed by atoms with Gasteiger partial charge in [0.25, 0.3) is 17.5 Å². The van der Waals surface area contributed by atoms with Crippen LogP contribution in [0.1, 0.15) is 45.1 Å². The smallest absolute Gasteiger partial charge is 0.277 e. The van der Waals surface area contributed by atoms with Crippen molar-refractivity contribution in [2.45, 2.75) is 45.6 Å². The molecular weight excluding hydrogens is 374 g/mol. The highest BCUT2D eigenvalue weighted by Gasteiger charge is 2.41. The van der Waals surface area contributed by atoms with Gasteiger partial charge in [-0.2, -0.15) is 0 Å². The molecule has 0 aliphatic carbocycles. The van der Waals surface area contributed by atoms with Gasteiger partial charge in [-0.25, -0.2) is 0 Å². The number of hydrogen-bond donors (Lipinski definition) is 0. The van der Waals surface area contributed by atoms with Crippen molar-refractivity contribution in [2.75, 3.05) is 26.2 Å². The van der Waals surface area contributed by atoms with Gasteiger partial charge in [0.2, 0.25) is 0 Å². The summed E-state index contributed by atoms with van der Waals surface area (Å²) in [5.74, 6) is -0.622. The van der Waals surface area contributed by atoms with Crippen LogP contribution in [0, 0.1) is 10.1 Å². The molecule has 156 valence electrons. The predicted molar refractivity (Wildman–Crippen MR) is 108 cm³/mol. The number of likely N-dealkylation sites (tertiary alicyclic amines) is 1. The van der Waals surface area contributed by atoms with Crippen molar-refractivity contribution < 1.29 is 19.2 Å². The molecule has 2 aliphatic rings. The Morgan fingerprint density at radius 2 is 1.72 bits per heavy atom. The van der Waals surface area contributed by atoms with Crippen molar-refractivity contribution in [2.24, 2.45) is 0 Å². The normalized spacial score (nSPS) is 17.6. The van der Waals surface area contributed by atoms with Crippen LogP contribution in [0.3, 0.4) is 0 Å². The first kappa shape index (κ1) is 21.0. The van der Waals surface area contributed by atoms with Crippen molar-refractivity contribution in [1.82, 2.24) is 9.80 Å². The summed E-state index contributed by atoms with van der Waals surface area (Å²) in [5, 5.41) is 11.0. The van der Waals surface area contributed by atoms with E-state index >= 15 is 0 Å². The lowest BCUT2D eigenvalue weighted by atomic mass is 10.0. The molecule has 3 rings (SSSR count). The van der Waals surface area contributed by atoms with Crippen LogP contribution in [0.2, 0.25) is 0 Å². The number of piperidine rings is 1. The maximum atomic E-state index is 13.2. The summed E-state index contributed by atoms with van der Waals surface area (Å²) in [6.07, 6.45) is 3.71. The standard InChI is InChI=1S/C21H27N3O5/c1-15(2)29-14-6-13-23-20(25)18(16-7-9-17(10-8-16)24(27)28)19(21(23)26)22-11-4-3-5-12-22/h7-10,15H,3-6,11-14H2,1-2H3. The van der Waals surface area contributed by atoms with E-state index in [1.807, 2.05) is 18.7 Å². The lowest BCUT2D eigenvalue weighted by molar-refractivity contribution is -0.384. The number of non-ortho nitro benzene ring substituents is 1. The molecule has 0 unspecified atom stereocenters. The Labute approximate surface area is 170 Å². The molecule has 29 heavy (non-hydrogen) atoms. The number of amides is 2. The molecule has 0 bridgehead atoms. The molecule has 1 saturated heterocycles. The number of nitro groups is 1. The molecule has 0 N–H and O–H groups in total. The van der Waals surface area contributed by atoms with E-state index in [2.05, 4.69) is 0 Å². The minimum Gasteiger partial charge on any atom is -0.379 e. The molecule has 0 radical (unpaired) electrons. The molecule has 1 aromatic rings. The highest BCUT2D eigenvalue weighted by Crippen LogP contribution is 2.33. The van der Waals surface area contributed by atoms with Crippen LogP contribution >= 0.6 is 0 Å². The Bertz CT molecular complexity index is 810. The van der Waals surface area contributed by atoms with Gasteiger partial charge in [-0.05, 0) is 57.2 Å². The Hall–Kier alpha value is -2.74. The summed E-state index contributed by atoms with van der Waals surface area (Å²) in [7, 11) is 0. The van der Waals surface area contributed by atoms with Gasteiger partial charge in [-0.15, -0.1) is 0 Å². The number of ether oxygens (including phenoxy) is 1. The Morgan fingerprint density at radius 3 is 2.31 bits per heavy atom. The molecule has 8 nitrogen and oxygen atoms in total. The number of carbonyl (C=O) groups is 2. The van der Waals surface area contributed by atoms with Crippen molar-refractivity contribution in [3.63, 3.8) is 0 Å². The third kappa shape index (κ3) is 4.64. The number of nitro benzene ring substituents is 1. The number of benzene rings is 1. The zero-order valence-electron chi connectivity index (χ0n) is 16.9. The van der Waals surface area contributed by atoms with Gasteiger partial charge in [0, 0.05) is 38.4 Å². The highest BCUT2D eigenvalue weighted by molar-refractivity contribution is 6.35. The summed E-state index contributed by atoms with van der Waals surface area (Å²) in [6.45, 7) is 6.10. The summed E-state index contributed by atoms with van der Waals surface area (Å²) >= 11 is 0. The first-order valence-electron chi connectivity index (χ1n) is 10.1. The zero-order valence-corrected chi connectivity index (χ0v) is 16.9. The number of nitrogens with zero attached hydrogens (tertiary/aromatic N) is 3. The van der Waals surface area contributed by atoms with Crippen molar-refractivity contribution >= 4 is 23.1 Å². The average molecular weight is 401 g/mol. The van der Waals surface area contributed by atoms with E-state index in [4.69, 9.17) is 4.74 Å². The lowest BCUT2D eigenvalue weighted by Crippen LogP contribution is -2.38. The SMILES string of the molecule is CC(C)OCCCN1C(=O)C(c2ccc([N+](=O)[O-])cc2)=C(N2CCCCC2)C1=O. The highest BCUT2D eigenvalue weighted by atomic mass is 16.6. The van der Waals surface area contributed by atoms with Gasteiger partial charge in [0.15, 0.2) is 0 Å². The second kappa shape index (κ2) is 9.17. The number of carbonyl (C=O) groups excluding carboxylic acids is 2. The number of hydrogen-bond acceptors (Lipinski definition) is 6. The van der Waals surface area contributed by atoms with Crippen LogP contribution in [0.15, 0.2) is 30.0 Å². The Kier molecular flexibility index (Phi) is 6.64. The fourth-order valence-corrected chi connectivity index (χ4v) is 3.73. The van der Waals surface area contributed by atoms with E-state index in [1.165, 1.54) is 17.0 Å². The maximum Gasteiger partial charge on any atom is 0.277 e. The summed E-state index contributed by atoms with van der Waals surface area (Å²) in [4.78, 5) is 40.1. The van der Waals surface area contributed by atoms with Crippen molar-refractivity contribution in [1.29, 1.82) is 0 Å². The Morgan fingerprint density at radius 1 is 1.07 bits per heavy atom. The van der Waals surface area contributed by atoms with Gasteiger partial charge < -0.3 is 9.64 Å². The monoisotopic (exact) mass is 401 g/mol. The summed E-state index contributed by atoms with van der Waals surface area (Å²) in [6, 6.07) is 5.84. The third-order valence-electron chi connectivity index (χ3n) is 5.16. The van der Waals surface area contributed by atoms with Gasteiger partial charge in [0.05, 0.1) is 16.6 Å². The van der Waals surface area contributed by atoms with Gasteiger partial charge >= 0.3 is 0 Å². The third-order valence-corrected chi connectivity index (χ3v) is 5.16. The van der Waals surface area contributed by atoms with E-state index in [-0.39, 0.29) is 30.2 Å². The van der Waals surface area contributed by atoms with Crippen LogP contribution in [-0.2, 0) is 14.3 Å². The second-order valence-electron chi connectivity index (χ2n) is 7.61. The second-order valence-corrected chi connectivity index (χ2v) is 7.61. The summed E-state index contributed by atoms with van der Waals surface area (Å²) < 4.78 is 5.53. The van der Waals surface area contributed by atoms with Gasteiger partial charge in [-0.3, -0.25) is 24.6 Å². The van der Waals surface area contributed by atoms with Crippen LogP contribution < -0.4 is 0 Å². The fourth-order valence-electron chi connectivity index (χ4n) is 3.73. The number of rotatable bonds is 8. The molecule has 2 amide bonds. The zero-order chi connectivity index (χ0) is 21.0. The van der Waals surface area contributed by atoms with Crippen LogP contribution in [0.5, 0.6) is 0 Å². The fraction of sp³-hybridized carbons (Fsp3) is 0.524. The molecular formula is C21H27N3O5. The molecule has 0 atom stereocenters. The maximum absolute atomic E-state index is 13.2. The average Bonchev–Trinajstić information content (AvgIpc) is 2.96. The predicted octanol–water partition coefficient (Wildman–Crippen LogP) is 2.98. The van der Waals surface area contributed by atoms with Crippen LogP contribution in [-0.4, -0.2) is 58.9 Å². The molecule has 1 aromatic carbocycles.